The molecule has 3 aromatic heterocycles. The van der Waals surface area contributed by atoms with E-state index >= 15 is 0 Å². The van der Waals surface area contributed by atoms with E-state index < -0.39 is 0 Å². The second kappa shape index (κ2) is 8.10. The van der Waals surface area contributed by atoms with Crippen molar-refractivity contribution in [3.05, 3.63) is 77.9 Å². The summed E-state index contributed by atoms with van der Waals surface area (Å²) in [6, 6.07) is 21.2. The minimum absolute atomic E-state index is 0.111. The lowest BCUT2D eigenvalue weighted by Crippen LogP contribution is -2.16. The monoisotopic (exact) mass is 450 g/mol. The smallest absolute Gasteiger partial charge is 0.235 e. The highest BCUT2D eigenvalue weighted by Crippen LogP contribution is 2.32. The van der Waals surface area contributed by atoms with Crippen LogP contribution in [-0.4, -0.2) is 26.0 Å². The number of halogens is 1. The Labute approximate surface area is 185 Å². The van der Waals surface area contributed by atoms with Gasteiger partial charge in [0.2, 0.25) is 5.91 Å². The van der Waals surface area contributed by atoms with E-state index in [0.29, 0.717) is 10.8 Å². The molecule has 0 aliphatic heterocycles. The molecule has 0 spiro atoms. The first-order valence-electron chi connectivity index (χ1n) is 9.18. The van der Waals surface area contributed by atoms with Crippen LogP contribution in [-0.2, 0) is 4.79 Å². The summed E-state index contributed by atoms with van der Waals surface area (Å²) in [5, 5.41) is 3.70. The average Bonchev–Trinajstić information content (AvgIpc) is 3.34. The lowest BCUT2D eigenvalue weighted by molar-refractivity contribution is -0.113. The predicted octanol–water partition coefficient (Wildman–Crippen LogP) is 6.00. The van der Waals surface area contributed by atoms with Gasteiger partial charge in [0.05, 0.1) is 16.0 Å². The number of imidazole rings is 1. The van der Waals surface area contributed by atoms with Gasteiger partial charge in [0.25, 0.3) is 0 Å². The number of hydrogen-bond acceptors (Lipinski definition) is 5. The number of thioether (sulfide) groups is 1. The molecule has 0 radical (unpaired) electrons. The van der Waals surface area contributed by atoms with Crippen LogP contribution in [0.25, 0.3) is 27.1 Å². The standard InChI is InChI=1S/C22H15ClN4OS2/c23-15-9-10-17-16(12-15)24-22(30-17)29-13-19(28)26-21-20(14-6-2-1-3-7-14)25-18-8-4-5-11-27(18)21/h1-12H,13H2,(H,26,28). The Morgan fingerprint density at radius 1 is 1.07 bits per heavy atom. The van der Waals surface area contributed by atoms with Gasteiger partial charge in [0.1, 0.15) is 17.2 Å². The molecule has 8 heteroatoms. The van der Waals surface area contributed by atoms with Crippen LogP contribution in [0.1, 0.15) is 0 Å². The van der Waals surface area contributed by atoms with E-state index in [2.05, 4.69) is 10.3 Å². The normalized spacial score (nSPS) is 11.2. The molecular weight excluding hydrogens is 436 g/mol. The number of aromatic nitrogens is 3. The molecule has 30 heavy (non-hydrogen) atoms. The Morgan fingerprint density at radius 3 is 2.77 bits per heavy atom. The van der Waals surface area contributed by atoms with E-state index in [1.165, 1.54) is 11.8 Å². The number of anilines is 1. The molecule has 0 bridgehead atoms. The maximum Gasteiger partial charge on any atom is 0.235 e. The van der Waals surface area contributed by atoms with E-state index in [-0.39, 0.29) is 11.7 Å². The Morgan fingerprint density at radius 2 is 1.90 bits per heavy atom. The van der Waals surface area contributed by atoms with Crippen LogP contribution >= 0.6 is 34.7 Å². The van der Waals surface area contributed by atoms with Crippen LogP contribution in [0.5, 0.6) is 0 Å². The number of benzene rings is 2. The quantitative estimate of drug-likeness (QED) is 0.334. The number of hydrogen-bond donors (Lipinski definition) is 1. The van der Waals surface area contributed by atoms with Crippen LogP contribution in [0.4, 0.5) is 5.82 Å². The van der Waals surface area contributed by atoms with Gasteiger partial charge in [-0.05, 0) is 30.3 Å². The van der Waals surface area contributed by atoms with Gasteiger partial charge in [-0.3, -0.25) is 9.20 Å². The van der Waals surface area contributed by atoms with Gasteiger partial charge in [-0.2, -0.15) is 0 Å². The largest absolute Gasteiger partial charge is 0.309 e. The highest BCUT2D eigenvalue weighted by Gasteiger charge is 2.17. The Bertz CT molecular complexity index is 1360. The van der Waals surface area contributed by atoms with Crippen molar-refractivity contribution in [2.45, 2.75) is 4.34 Å². The first-order chi connectivity index (χ1) is 14.7. The van der Waals surface area contributed by atoms with Crippen molar-refractivity contribution in [1.82, 2.24) is 14.4 Å². The van der Waals surface area contributed by atoms with Crippen molar-refractivity contribution in [2.24, 2.45) is 0 Å². The molecule has 1 amide bonds. The topological polar surface area (TPSA) is 59.3 Å². The third kappa shape index (κ3) is 3.79. The fraction of sp³-hybridized carbons (Fsp3) is 0.0455. The van der Waals surface area contributed by atoms with Gasteiger partial charge in [0, 0.05) is 16.8 Å². The predicted molar refractivity (Wildman–Crippen MR) is 125 cm³/mol. The van der Waals surface area contributed by atoms with Gasteiger partial charge in [-0.1, -0.05) is 59.8 Å². The summed E-state index contributed by atoms with van der Waals surface area (Å²) >= 11 is 9.00. The van der Waals surface area contributed by atoms with Crippen molar-refractivity contribution in [3.8, 4) is 11.3 Å². The molecule has 0 atom stereocenters. The molecule has 0 aliphatic carbocycles. The van der Waals surface area contributed by atoms with Crippen LogP contribution in [0.2, 0.25) is 5.02 Å². The van der Waals surface area contributed by atoms with Crippen molar-refractivity contribution in [1.29, 1.82) is 0 Å². The third-order valence-corrected chi connectivity index (χ3v) is 6.91. The van der Waals surface area contributed by atoms with E-state index in [1.54, 1.807) is 11.3 Å². The zero-order chi connectivity index (χ0) is 20.5. The summed E-state index contributed by atoms with van der Waals surface area (Å²) < 4.78 is 3.78. The zero-order valence-corrected chi connectivity index (χ0v) is 18.0. The highest BCUT2D eigenvalue weighted by atomic mass is 35.5. The molecule has 0 fully saturated rings. The average molecular weight is 451 g/mol. The Kier molecular flexibility index (Phi) is 5.16. The number of pyridine rings is 1. The summed E-state index contributed by atoms with van der Waals surface area (Å²) in [6.07, 6.45) is 1.90. The Balaban J connectivity index is 1.38. The SMILES string of the molecule is O=C(CSc1nc2cc(Cl)ccc2s1)Nc1c(-c2ccccc2)nc2ccccn12. The maximum absolute atomic E-state index is 12.8. The number of carbonyl (C=O) groups is 1. The molecule has 5 rings (SSSR count). The number of nitrogens with one attached hydrogen (secondary N) is 1. The van der Waals surface area contributed by atoms with E-state index in [9.17, 15) is 4.79 Å². The minimum atomic E-state index is -0.111. The first kappa shape index (κ1) is 19.1. The molecule has 5 nitrogen and oxygen atoms in total. The number of thiazole rings is 1. The van der Waals surface area contributed by atoms with Gasteiger partial charge in [-0.15, -0.1) is 11.3 Å². The fourth-order valence-corrected chi connectivity index (χ4v) is 5.16. The summed E-state index contributed by atoms with van der Waals surface area (Å²) in [4.78, 5) is 22.0. The number of amides is 1. The van der Waals surface area contributed by atoms with E-state index in [1.807, 2.05) is 77.3 Å². The van der Waals surface area contributed by atoms with Crippen molar-refractivity contribution in [3.63, 3.8) is 0 Å². The van der Waals surface area contributed by atoms with Crippen LogP contribution < -0.4 is 5.32 Å². The second-order valence-electron chi connectivity index (χ2n) is 6.53. The van der Waals surface area contributed by atoms with Gasteiger partial charge in [0.15, 0.2) is 4.34 Å². The molecule has 2 aromatic carbocycles. The molecule has 0 saturated carbocycles. The molecule has 148 valence electrons. The maximum atomic E-state index is 12.8. The molecule has 0 unspecified atom stereocenters. The summed E-state index contributed by atoms with van der Waals surface area (Å²) in [5.74, 6) is 0.806. The van der Waals surface area contributed by atoms with Crippen LogP contribution in [0, 0.1) is 0 Å². The third-order valence-electron chi connectivity index (χ3n) is 4.49. The van der Waals surface area contributed by atoms with Gasteiger partial charge >= 0.3 is 0 Å². The number of fused-ring (bicyclic) bond motifs is 2. The van der Waals surface area contributed by atoms with Crippen molar-refractivity contribution >= 4 is 62.3 Å². The lowest BCUT2D eigenvalue weighted by atomic mass is 10.1. The zero-order valence-electron chi connectivity index (χ0n) is 15.6. The van der Waals surface area contributed by atoms with E-state index in [4.69, 9.17) is 16.6 Å². The van der Waals surface area contributed by atoms with E-state index in [0.717, 1.165) is 31.5 Å². The molecule has 5 aromatic rings. The summed E-state index contributed by atoms with van der Waals surface area (Å²) in [7, 11) is 0. The van der Waals surface area contributed by atoms with Gasteiger partial charge in [-0.25, -0.2) is 9.97 Å². The minimum Gasteiger partial charge on any atom is -0.309 e. The molecule has 0 saturated heterocycles. The molecule has 1 N–H and O–H groups in total. The van der Waals surface area contributed by atoms with Gasteiger partial charge < -0.3 is 5.32 Å². The highest BCUT2D eigenvalue weighted by molar-refractivity contribution is 8.01. The number of rotatable bonds is 5. The summed E-state index contributed by atoms with van der Waals surface area (Å²) in [5.41, 5.74) is 3.33. The number of carbonyl (C=O) groups excluding carboxylic acids is 1. The molecule has 0 aliphatic rings. The second-order valence-corrected chi connectivity index (χ2v) is 9.22. The van der Waals surface area contributed by atoms with Crippen LogP contribution in [0.3, 0.4) is 0 Å². The first-order valence-corrected chi connectivity index (χ1v) is 11.4. The fourth-order valence-electron chi connectivity index (χ4n) is 3.15. The molecular formula is C22H15ClN4OS2. The lowest BCUT2D eigenvalue weighted by Gasteiger charge is -2.07. The Hall–Kier alpha value is -2.87. The van der Waals surface area contributed by atoms with Crippen molar-refractivity contribution < 1.29 is 4.79 Å². The van der Waals surface area contributed by atoms with Crippen LogP contribution in [0.15, 0.2) is 77.3 Å². The van der Waals surface area contributed by atoms with Crippen molar-refractivity contribution in [2.75, 3.05) is 11.1 Å². The summed E-state index contributed by atoms with van der Waals surface area (Å²) in [6.45, 7) is 0. The molecule has 3 heterocycles. The number of nitrogens with zero attached hydrogens (tertiary/aromatic N) is 3.